The second-order valence-corrected chi connectivity index (χ2v) is 6.61. The summed E-state index contributed by atoms with van der Waals surface area (Å²) < 4.78 is 15.3. The van der Waals surface area contributed by atoms with E-state index < -0.39 is 86.1 Å². The van der Waals surface area contributed by atoms with Gasteiger partial charge in [0, 0.05) is 0 Å². The Hall–Kier alpha value is -1.50. The van der Waals surface area contributed by atoms with Crippen molar-refractivity contribution in [2.45, 2.75) is 60.9 Å². The molecule has 0 aliphatic carbocycles. The number of hydrogen-bond acceptors (Lipinski definition) is 13. The molecule has 2 fully saturated rings. The number of ether oxygens (including phenoxy) is 3. The summed E-state index contributed by atoms with van der Waals surface area (Å²) in [6.07, 6.45) is -17.2. The number of rotatable bonds is 5. The second-order valence-electron chi connectivity index (χ2n) is 6.61. The molecule has 2 heterocycles. The summed E-state index contributed by atoms with van der Waals surface area (Å²) in [5, 5.41) is 80.2. The van der Waals surface area contributed by atoms with E-state index in [1.54, 1.807) is 5.32 Å². The van der Waals surface area contributed by atoms with E-state index in [0.29, 0.717) is 0 Å². The van der Waals surface area contributed by atoms with E-state index in [-0.39, 0.29) is 0 Å². The van der Waals surface area contributed by atoms with Crippen LogP contribution in [0, 0.1) is 0 Å². The lowest BCUT2D eigenvalue weighted by atomic mass is 9.86. The lowest BCUT2D eigenvalue weighted by Crippen LogP contribution is -2.72. The minimum absolute atomic E-state index is 0.827. The molecular weight excluding hydrogens is 406 g/mol. The van der Waals surface area contributed by atoms with Crippen molar-refractivity contribution in [3.8, 4) is 0 Å². The highest BCUT2D eigenvalue weighted by molar-refractivity contribution is 5.98. The van der Waals surface area contributed by atoms with E-state index in [1.165, 1.54) is 0 Å². The van der Waals surface area contributed by atoms with Gasteiger partial charge in [0.25, 0.3) is 5.91 Å². The average molecular weight is 430 g/mol. The van der Waals surface area contributed by atoms with Crippen LogP contribution in [0.5, 0.6) is 0 Å². The first-order chi connectivity index (χ1) is 13.5. The third kappa shape index (κ3) is 4.35. The van der Waals surface area contributed by atoms with Gasteiger partial charge in [0.05, 0.1) is 13.2 Å². The lowest BCUT2D eigenvalue weighted by Gasteiger charge is -2.48. The molecule has 2 aliphatic rings. The van der Waals surface area contributed by atoms with Gasteiger partial charge in [0.1, 0.15) is 42.7 Å². The number of aliphatic hydroxyl groups is 8. The van der Waals surface area contributed by atoms with Crippen LogP contribution >= 0.6 is 0 Å². The maximum Gasteiger partial charge on any atom is 0.318 e. The number of amides is 3. The van der Waals surface area contributed by atoms with Gasteiger partial charge in [-0.25, -0.2) is 4.79 Å². The van der Waals surface area contributed by atoms with E-state index in [9.17, 15) is 50.4 Å². The van der Waals surface area contributed by atoms with Crippen LogP contribution in [-0.4, -0.2) is 127 Å². The van der Waals surface area contributed by atoms with Crippen molar-refractivity contribution in [3.05, 3.63) is 0 Å². The molecule has 2 saturated heterocycles. The summed E-state index contributed by atoms with van der Waals surface area (Å²) in [7, 11) is 0. The van der Waals surface area contributed by atoms with Crippen LogP contribution in [0.2, 0.25) is 0 Å². The van der Waals surface area contributed by atoms with E-state index in [4.69, 9.17) is 19.9 Å². The van der Waals surface area contributed by atoms with Crippen molar-refractivity contribution in [1.82, 2.24) is 5.32 Å². The molecule has 0 aromatic heterocycles. The van der Waals surface area contributed by atoms with Crippen LogP contribution in [0.3, 0.4) is 0 Å². The van der Waals surface area contributed by atoms with Gasteiger partial charge in [0.2, 0.25) is 5.60 Å². The minimum Gasteiger partial charge on any atom is -0.394 e. The number of hydrogen-bond donors (Lipinski definition) is 10. The fraction of sp³-hybridized carbons (Fsp3) is 0.857. The first-order valence-corrected chi connectivity index (χ1v) is 8.40. The molecule has 15 heteroatoms. The van der Waals surface area contributed by atoms with Crippen LogP contribution in [0.1, 0.15) is 0 Å². The zero-order valence-corrected chi connectivity index (χ0v) is 14.8. The Morgan fingerprint density at radius 3 is 2.14 bits per heavy atom. The first-order valence-electron chi connectivity index (χ1n) is 8.40. The summed E-state index contributed by atoms with van der Waals surface area (Å²) in [6.45, 7) is -2.13. The van der Waals surface area contributed by atoms with Crippen LogP contribution in [-0.2, 0) is 19.0 Å². The Morgan fingerprint density at radius 2 is 1.62 bits per heavy atom. The minimum atomic E-state index is -2.72. The van der Waals surface area contributed by atoms with E-state index in [1.807, 2.05) is 0 Å². The summed E-state index contributed by atoms with van der Waals surface area (Å²) in [6, 6.07) is -1.37. The predicted octanol–water partition coefficient (Wildman–Crippen LogP) is -6.83. The van der Waals surface area contributed by atoms with Crippen molar-refractivity contribution in [2.75, 3.05) is 13.2 Å². The highest BCUT2D eigenvalue weighted by atomic mass is 16.7. The van der Waals surface area contributed by atoms with Gasteiger partial charge in [-0.2, -0.15) is 0 Å². The molecule has 0 radical (unpaired) electrons. The number of imide groups is 1. The molecule has 0 aromatic carbocycles. The Balaban J connectivity index is 2.31. The fourth-order valence-corrected chi connectivity index (χ4v) is 3.08. The molecular formula is C14H24N2O13. The number of carbonyl (C=O) groups excluding carboxylic acids is 2. The Bertz CT molecular complexity index is 606. The quantitative estimate of drug-likeness (QED) is 0.182. The summed E-state index contributed by atoms with van der Waals surface area (Å²) >= 11 is 0. The normalized spacial score (nSPS) is 45.6. The fourth-order valence-electron chi connectivity index (χ4n) is 3.08. The van der Waals surface area contributed by atoms with E-state index in [0.717, 1.165) is 0 Å². The molecule has 0 unspecified atom stereocenters. The molecule has 0 saturated carbocycles. The highest BCUT2D eigenvalue weighted by Crippen LogP contribution is 2.33. The topological polar surface area (TPSA) is 262 Å². The van der Waals surface area contributed by atoms with Crippen molar-refractivity contribution in [1.29, 1.82) is 0 Å². The number of nitrogens with one attached hydrogen (secondary N) is 1. The summed E-state index contributed by atoms with van der Waals surface area (Å²) in [5.41, 5.74) is 2.11. The van der Waals surface area contributed by atoms with Gasteiger partial charge >= 0.3 is 6.03 Å². The predicted molar refractivity (Wildman–Crippen MR) is 85.3 cm³/mol. The molecule has 2 rings (SSSR count). The zero-order valence-electron chi connectivity index (χ0n) is 14.8. The first kappa shape index (κ1) is 23.8. The number of carbonyl (C=O) groups is 2. The molecule has 3 amide bonds. The Morgan fingerprint density at radius 1 is 1.00 bits per heavy atom. The third-order valence-corrected chi connectivity index (χ3v) is 4.74. The smallest absolute Gasteiger partial charge is 0.318 e. The zero-order chi connectivity index (χ0) is 22.1. The number of aliphatic hydroxyl groups excluding tert-OH is 8. The van der Waals surface area contributed by atoms with Crippen molar-refractivity contribution < 1.29 is 64.7 Å². The Labute approximate surface area is 162 Å². The van der Waals surface area contributed by atoms with Gasteiger partial charge in [-0.1, -0.05) is 0 Å². The van der Waals surface area contributed by atoms with Crippen LogP contribution in [0.4, 0.5) is 4.79 Å². The molecule has 10 atom stereocenters. The van der Waals surface area contributed by atoms with Crippen LogP contribution in [0.15, 0.2) is 0 Å². The SMILES string of the molecule is [15NH2]C(=O)[15NH]C(=O)[C@]1(CO)O[C@@H](O[C@H]2[C@H](O)[C@@H](O)[C@@H](O)O[C@@H]2CO)[C@H](O)[C@@H](O)[C@H]1O. The highest BCUT2D eigenvalue weighted by Gasteiger charge is 2.59. The van der Waals surface area contributed by atoms with Crippen LogP contribution in [0.25, 0.3) is 0 Å². The van der Waals surface area contributed by atoms with Gasteiger partial charge in [-0.15, -0.1) is 0 Å². The monoisotopic (exact) mass is 430 g/mol. The number of primary amides is 1. The standard InChI is InChI=1S/C14H24N2O13/c15-13(26)16-12(25)14(2-18)9(23)5(20)7(22)11(29-14)28-8-3(1-17)27-10(24)6(21)4(8)19/h3-11,17-24H,1-2H2,(H3,15,16,25,26)/t3-,4-,5-,6-,7-,8-,9-,10+,11-,14-/m1/s1/i15+1,16+1. The van der Waals surface area contributed by atoms with E-state index in [2.05, 4.69) is 0 Å². The molecule has 168 valence electrons. The van der Waals surface area contributed by atoms with Crippen molar-refractivity contribution in [2.24, 2.45) is 5.73 Å². The largest absolute Gasteiger partial charge is 0.394 e. The summed E-state index contributed by atoms with van der Waals surface area (Å²) in [4.78, 5) is 23.2. The van der Waals surface area contributed by atoms with Gasteiger partial charge in [-0.3, -0.25) is 10.1 Å². The molecule has 11 N–H and O–H groups in total. The molecule has 0 bridgehead atoms. The van der Waals surface area contributed by atoms with Crippen LogP contribution < -0.4 is 11.1 Å². The maximum atomic E-state index is 12.2. The van der Waals surface area contributed by atoms with Gasteiger partial charge in [0.15, 0.2) is 12.6 Å². The Kier molecular flexibility index (Phi) is 7.47. The third-order valence-electron chi connectivity index (χ3n) is 4.74. The van der Waals surface area contributed by atoms with Gasteiger partial charge in [-0.05, 0) is 0 Å². The molecule has 0 spiro atoms. The molecule has 29 heavy (non-hydrogen) atoms. The number of urea groups is 1. The second kappa shape index (κ2) is 9.11. The summed E-state index contributed by atoms with van der Waals surface area (Å²) in [5.74, 6) is -1.46. The van der Waals surface area contributed by atoms with Crippen molar-refractivity contribution in [3.63, 3.8) is 0 Å². The average Bonchev–Trinajstić information content (AvgIpc) is 2.67. The number of nitrogens with two attached hydrogens (primary N) is 1. The molecule has 2 aliphatic heterocycles. The maximum absolute atomic E-state index is 12.2. The molecule has 0 aromatic rings. The van der Waals surface area contributed by atoms with Gasteiger partial charge < -0.3 is 60.8 Å². The van der Waals surface area contributed by atoms with Crippen molar-refractivity contribution >= 4 is 11.9 Å². The lowest BCUT2D eigenvalue weighted by molar-refractivity contribution is -0.368. The van der Waals surface area contributed by atoms with E-state index >= 15 is 0 Å². The molecule has 15 nitrogen and oxygen atoms in total.